The predicted octanol–water partition coefficient (Wildman–Crippen LogP) is 0.909. The van der Waals surface area contributed by atoms with Gasteiger partial charge in [0.1, 0.15) is 6.29 Å². The molecule has 0 atom stereocenters. The summed E-state index contributed by atoms with van der Waals surface area (Å²) in [4.78, 5) is 21.9. The number of carbonyl (C=O) groups is 2. The van der Waals surface area contributed by atoms with Crippen molar-refractivity contribution in [3.8, 4) is 0 Å². The normalized spacial score (nSPS) is 10.3. The zero-order valence-corrected chi connectivity index (χ0v) is 7.72. The van der Waals surface area contributed by atoms with Crippen LogP contribution in [0.15, 0.2) is 49.2 Å². The summed E-state index contributed by atoms with van der Waals surface area (Å²) in [5.41, 5.74) is 0.311. The third-order valence-corrected chi connectivity index (χ3v) is 1.29. The molecule has 0 fully saturated rings. The summed E-state index contributed by atoms with van der Waals surface area (Å²) in [6.07, 6.45) is 7.27. The number of aldehydes is 1. The Bertz CT molecular complexity index is 275. The number of hydrogen-bond acceptors (Lipinski definition) is 2. The highest BCUT2D eigenvalue weighted by atomic mass is 16.2. The van der Waals surface area contributed by atoms with Crippen LogP contribution in [-0.2, 0) is 9.59 Å². The first-order valence-corrected chi connectivity index (χ1v) is 3.82. The molecule has 0 heterocycles. The first-order valence-electron chi connectivity index (χ1n) is 3.82. The van der Waals surface area contributed by atoms with E-state index in [4.69, 9.17) is 7.98 Å². The third-order valence-electron chi connectivity index (χ3n) is 1.29. The molecule has 3 nitrogen and oxygen atoms in total. The van der Waals surface area contributed by atoms with E-state index in [-0.39, 0.29) is 0 Å². The second-order valence-corrected chi connectivity index (χ2v) is 2.29. The summed E-state index contributed by atoms with van der Waals surface area (Å²) >= 11 is 0. The van der Waals surface area contributed by atoms with Gasteiger partial charge in [0, 0.05) is 11.8 Å². The molecule has 4 heteroatoms. The van der Waals surface area contributed by atoms with Crippen LogP contribution in [0.4, 0.5) is 0 Å². The van der Waals surface area contributed by atoms with E-state index in [0.29, 0.717) is 12.0 Å². The summed E-state index contributed by atoms with van der Waals surface area (Å²) < 4.78 is 0. The van der Waals surface area contributed by atoms with Gasteiger partial charge in [-0.1, -0.05) is 25.3 Å². The summed E-state index contributed by atoms with van der Waals surface area (Å²) in [5, 5.41) is 0. The summed E-state index contributed by atoms with van der Waals surface area (Å²) in [5.74, 6) is -0.518. The Morgan fingerprint density at radius 1 is 1.29 bits per heavy atom. The predicted molar refractivity (Wildman–Crippen MR) is 56.3 cm³/mol. The van der Waals surface area contributed by atoms with E-state index in [1.165, 1.54) is 12.2 Å². The average molecular weight is 187 g/mol. The van der Waals surface area contributed by atoms with Crippen LogP contribution in [0.3, 0.4) is 0 Å². The SMILES string of the molecule is [B]N(C(=C)/C=C\C=C)C(=O)/C=C\C=O. The minimum Gasteiger partial charge on any atom is -0.366 e. The van der Waals surface area contributed by atoms with Crippen LogP contribution >= 0.6 is 0 Å². The third kappa shape index (κ3) is 4.26. The number of allylic oxidation sites excluding steroid dienone is 4. The van der Waals surface area contributed by atoms with Gasteiger partial charge in [-0.05, 0) is 12.2 Å². The lowest BCUT2D eigenvalue weighted by Crippen LogP contribution is -2.24. The highest BCUT2D eigenvalue weighted by Crippen LogP contribution is 2.00. The molecule has 0 spiro atoms. The summed E-state index contributed by atoms with van der Waals surface area (Å²) in [7, 11) is 5.37. The molecular weight excluding hydrogens is 177 g/mol. The van der Waals surface area contributed by atoms with Gasteiger partial charge in [-0.2, -0.15) is 0 Å². The van der Waals surface area contributed by atoms with Crippen LogP contribution in [0.25, 0.3) is 0 Å². The van der Waals surface area contributed by atoms with Gasteiger partial charge in [0.15, 0.2) is 0 Å². The maximum atomic E-state index is 11.1. The molecule has 0 rings (SSSR count). The number of carbonyl (C=O) groups excluding carboxylic acids is 2. The van der Waals surface area contributed by atoms with Crippen molar-refractivity contribution in [1.82, 2.24) is 4.81 Å². The van der Waals surface area contributed by atoms with Crippen LogP contribution in [0.2, 0.25) is 0 Å². The molecule has 0 aliphatic heterocycles. The minimum absolute atomic E-state index is 0.311. The largest absolute Gasteiger partial charge is 0.366 e. The van der Waals surface area contributed by atoms with E-state index in [9.17, 15) is 9.59 Å². The summed E-state index contributed by atoms with van der Waals surface area (Å²) in [6, 6.07) is 0. The van der Waals surface area contributed by atoms with Crippen LogP contribution in [-0.4, -0.2) is 25.0 Å². The fourth-order valence-electron chi connectivity index (χ4n) is 0.603. The Balaban J connectivity index is 4.38. The molecule has 1 amide bonds. The van der Waals surface area contributed by atoms with Crippen molar-refractivity contribution in [2.75, 3.05) is 0 Å². The molecule has 0 aliphatic rings. The number of amides is 1. The Morgan fingerprint density at radius 3 is 2.43 bits per heavy atom. The molecule has 2 radical (unpaired) electrons. The molecule has 14 heavy (non-hydrogen) atoms. The summed E-state index contributed by atoms with van der Waals surface area (Å²) in [6.45, 7) is 7.00. The van der Waals surface area contributed by atoms with Crippen molar-refractivity contribution in [2.24, 2.45) is 0 Å². The second kappa shape index (κ2) is 6.66. The van der Waals surface area contributed by atoms with Gasteiger partial charge in [0.2, 0.25) is 13.9 Å². The Morgan fingerprint density at radius 2 is 1.93 bits per heavy atom. The molecule has 0 saturated carbocycles. The molecule has 0 aromatic carbocycles. The van der Waals surface area contributed by atoms with E-state index < -0.39 is 5.91 Å². The van der Waals surface area contributed by atoms with Gasteiger partial charge in [0.05, 0.1) is 0 Å². The van der Waals surface area contributed by atoms with Crippen LogP contribution in [0, 0.1) is 0 Å². The molecule has 0 saturated heterocycles. The number of hydrogen-bond donors (Lipinski definition) is 0. The first kappa shape index (κ1) is 12.2. The highest BCUT2D eigenvalue weighted by molar-refractivity contribution is 6.18. The van der Waals surface area contributed by atoms with E-state index in [1.54, 1.807) is 6.08 Å². The van der Waals surface area contributed by atoms with Crippen molar-refractivity contribution < 1.29 is 9.59 Å². The fraction of sp³-hybridized carbons (Fsp3) is 0. The minimum atomic E-state index is -0.518. The van der Waals surface area contributed by atoms with Gasteiger partial charge in [-0.15, -0.1) is 0 Å². The lowest BCUT2D eigenvalue weighted by atomic mass is 10.2. The van der Waals surface area contributed by atoms with Gasteiger partial charge >= 0.3 is 0 Å². The molecule has 0 bridgehead atoms. The number of nitrogens with zero attached hydrogens (tertiary/aromatic N) is 1. The highest BCUT2D eigenvalue weighted by Gasteiger charge is 2.04. The Kier molecular flexibility index (Phi) is 5.78. The lowest BCUT2D eigenvalue weighted by molar-refractivity contribution is -0.120. The Labute approximate surface area is 84.5 Å². The van der Waals surface area contributed by atoms with E-state index in [0.717, 1.165) is 17.0 Å². The fourth-order valence-corrected chi connectivity index (χ4v) is 0.603. The lowest BCUT2D eigenvalue weighted by Gasteiger charge is -2.15. The van der Waals surface area contributed by atoms with Crippen molar-refractivity contribution in [1.29, 1.82) is 0 Å². The Hall–Kier alpha value is -1.84. The van der Waals surface area contributed by atoms with Gasteiger partial charge in [-0.3, -0.25) is 9.59 Å². The molecule has 0 aliphatic carbocycles. The van der Waals surface area contributed by atoms with E-state index in [1.807, 2.05) is 0 Å². The molecule has 70 valence electrons. The second-order valence-electron chi connectivity index (χ2n) is 2.29. The molecule has 0 aromatic heterocycles. The van der Waals surface area contributed by atoms with Gasteiger partial charge in [0.25, 0.3) is 0 Å². The van der Waals surface area contributed by atoms with Crippen LogP contribution in [0.1, 0.15) is 0 Å². The molecule has 0 aromatic rings. The monoisotopic (exact) mass is 187 g/mol. The van der Waals surface area contributed by atoms with Crippen molar-refractivity contribution in [2.45, 2.75) is 0 Å². The number of rotatable bonds is 5. The van der Waals surface area contributed by atoms with Gasteiger partial charge in [-0.25, -0.2) is 0 Å². The maximum Gasteiger partial charge on any atom is 0.239 e. The van der Waals surface area contributed by atoms with Crippen LogP contribution < -0.4 is 0 Å². The quantitative estimate of drug-likeness (QED) is 0.277. The average Bonchev–Trinajstić information content (AvgIpc) is 2.21. The standard InChI is InChI=1S/C10H10BNO2/c1-3-4-6-9(2)12(11)10(14)7-5-8-13/h3-8H,1-2H2/b6-4-,7-5-. The topological polar surface area (TPSA) is 37.4 Å². The zero-order chi connectivity index (χ0) is 11.0. The van der Waals surface area contributed by atoms with Crippen molar-refractivity contribution >= 4 is 20.2 Å². The van der Waals surface area contributed by atoms with Crippen LogP contribution in [0.5, 0.6) is 0 Å². The first-order chi connectivity index (χ1) is 6.63. The van der Waals surface area contributed by atoms with Gasteiger partial charge < -0.3 is 4.81 Å². The van der Waals surface area contributed by atoms with Crippen molar-refractivity contribution in [3.63, 3.8) is 0 Å². The van der Waals surface area contributed by atoms with Crippen molar-refractivity contribution in [3.05, 3.63) is 49.2 Å². The van der Waals surface area contributed by atoms with E-state index in [2.05, 4.69) is 13.2 Å². The smallest absolute Gasteiger partial charge is 0.239 e. The zero-order valence-electron chi connectivity index (χ0n) is 7.72. The molecular formula is C10H10BNO2. The maximum absolute atomic E-state index is 11.1. The molecule has 0 N–H and O–H groups in total. The van der Waals surface area contributed by atoms with E-state index >= 15 is 0 Å². The molecule has 0 unspecified atom stereocenters.